The molecule has 0 unspecified atom stereocenters. The molecule has 1 atom stereocenters. The Morgan fingerprint density at radius 2 is 1.60 bits per heavy atom. The molecule has 0 bridgehead atoms. The minimum Gasteiger partial charge on any atom is -0.444 e. The van der Waals surface area contributed by atoms with Gasteiger partial charge >= 0.3 is 6.09 Å². The first-order valence-electron chi connectivity index (χ1n) is 15.4. The lowest BCUT2D eigenvalue weighted by Crippen LogP contribution is -2.50. The second kappa shape index (κ2) is 14.8. The minimum atomic E-state index is -3.68. The first kappa shape index (κ1) is 36.2. The molecule has 45 heavy (non-hydrogen) atoms. The Morgan fingerprint density at radius 1 is 0.978 bits per heavy atom. The Balaban J connectivity index is 1.76. The second-order valence-electron chi connectivity index (χ2n) is 12.7. The van der Waals surface area contributed by atoms with Gasteiger partial charge in [0.05, 0.1) is 28.2 Å². The Kier molecular flexibility index (Phi) is 11.9. The highest BCUT2D eigenvalue weighted by Crippen LogP contribution is 2.29. The van der Waals surface area contributed by atoms with Gasteiger partial charge < -0.3 is 19.9 Å². The number of carbonyl (C=O) groups is 2. The van der Waals surface area contributed by atoms with Crippen LogP contribution >= 0.6 is 0 Å². The molecular weight excluding hydrogens is 617 g/mol. The van der Waals surface area contributed by atoms with E-state index in [1.165, 1.54) is 31.3 Å². The largest absolute Gasteiger partial charge is 0.444 e. The Hall–Kier alpha value is -3.32. The van der Waals surface area contributed by atoms with Gasteiger partial charge in [0, 0.05) is 44.6 Å². The van der Waals surface area contributed by atoms with Crippen LogP contribution in [0.5, 0.6) is 0 Å². The van der Waals surface area contributed by atoms with E-state index in [4.69, 9.17) is 4.74 Å². The summed E-state index contributed by atoms with van der Waals surface area (Å²) in [5.74, 6) is 0.0913. The van der Waals surface area contributed by atoms with E-state index in [0.29, 0.717) is 49.9 Å². The monoisotopic (exact) mass is 664 g/mol. The standard InChI is InChI=1S/C32H48N4O7S2/c1-8-24(2)11-9-10-22-45(41,42)27-15-12-25(13-16-27)33-30(37)28-23-26(14-17-29(28)34(6)44(7,39)40)35-18-20-36(21-19-35)31(38)43-32(3,4)5/h12-17,23-24H,8-11,18-22H2,1-7H3,(H,33,37)/t24-/m1/s1. The molecule has 2 aromatic carbocycles. The van der Waals surface area contributed by atoms with Crippen LogP contribution in [-0.2, 0) is 24.6 Å². The number of amides is 2. The quantitative estimate of drug-likeness (QED) is 0.299. The number of carbonyl (C=O) groups excluding carboxylic acids is 2. The number of rotatable bonds is 12. The zero-order chi connectivity index (χ0) is 33.6. The number of sulfone groups is 1. The third-order valence-corrected chi connectivity index (χ3v) is 10.9. The predicted molar refractivity (Wildman–Crippen MR) is 179 cm³/mol. The molecule has 1 heterocycles. The van der Waals surface area contributed by atoms with Crippen LogP contribution in [-0.4, -0.2) is 84.6 Å². The van der Waals surface area contributed by atoms with E-state index in [2.05, 4.69) is 19.2 Å². The number of piperazine rings is 1. The van der Waals surface area contributed by atoms with Gasteiger partial charge in [-0.3, -0.25) is 9.10 Å². The van der Waals surface area contributed by atoms with Crippen molar-refractivity contribution in [2.45, 2.75) is 70.8 Å². The normalized spacial score (nSPS) is 15.0. The topological polar surface area (TPSA) is 133 Å². The van der Waals surface area contributed by atoms with Gasteiger partial charge in [0.1, 0.15) is 5.60 Å². The molecule has 0 spiro atoms. The maximum Gasteiger partial charge on any atom is 0.410 e. The van der Waals surface area contributed by atoms with Crippen molar-refractivity contribution in [1.29, 1.82) is 0 Å². The summed E-state index contributed by atoms with van der Waals surface area (Å²) in [6, 6.07) is 11.0. The number of sulfonamides is 1. The van der Waals surface area contributed by atoms with Crippen LogP contribution < -0.4 is 14.5 Å². The molecule has 13 heteroatoms. The van der Waals surface area contributed by atoms with Crippen LogP contribution in [0.3, 0.4) is 0 Å². The van der Waals surface area contributed by atoms with E-state index in [1.807, 2.05) is 25.7 Å². The maximum atomic E-state index is 13.6. The van der Waals surface area contributed by atoms with E-state index < -0.39 is 31.4 Å². The number of benzene rings is 2. The van der Waals surface area contributed by atoms with Crippen LogP contribution in [0.2, 0.25) is 0 Å². The summed E-state index contributed by atoms with van der Waals surface area (Å²) in [4.78, 5) is 29.9. The lowest BCUT2D eigenvalue weighted by Gasteiger charge is -2.37. The summed E-state index contributed by atoms with van der Waals surface area (Å²) >= 11 is 0. The van der Waals surface area contributed by atoms with Crippen LogP contribution in [0.25, 0.3) is 0 Å². The summed E-state index contributed by atoms with van der Waals surface area (Å²) in [5, 5.41) is 2.79. The molecule has 1 aliphatic heterocycles. The van der Waals surface area contributed by atoms with Gasteiger partial charge in [0.15, 0.2) is 9.84 Å². The summed E-state index contributed by atoms with van der Waals surface area (Å²) in [6.45, 7) is 11.6. The third-order valence-electron chi connectivity index (χ3n) is 7.89. The average molecular weight is 665 g/mol. The molecule has 2 aromatic rings. The summed E-state index contributed by atoms with van der Waals surface area (Å²) in [6.07, 6.45) is 4.19. The highest BCUT2D eigenvalue weighted by molar-refractivity contribution is 7.92. The van der Waals surface area contributed by atoms with Gasteiger partial charge in [-0.05, 0) is 75.6 Å². The van der Waals surface area contributed by atoms with Crippen molar-refractivity contribution in [2.24, 2.45) is 5.92 Å². The molecule has 0 saturated carbocycles. The van der Waals surface area contributed by atoms with Gasteiger partial charge in [-0.1, -0.05) is 33.1 Å². The van der Waals surface area contributed by atoms with Crippen molar-refractivity contribution in [3.05, 3.63) is 48.0 Å². The first-order valence-corrected chi connectivity index (χ1v) is 18.9. The second-order valence-corrected chi connectivity index (χ2v) is 16.8. The van der Waals surface area contributed by atoms with Crippen molar-refractivity contribution >= 4 is 48.9 Å². The SMILES string of the molecule is CC[C@@H](C)CCCCS(=O)(=O)c1ccc(NC(=O)c2cc(N3CCN(C(=O)OC(C)(C)C)CC3)ccc2N(C)S(C)(=O)=O)cc1. The highest BCUT2D eigenvalue weighted by Gasteiger charge is 2.27. The highest BCUT2D eigenvalue weighted by atomic mass is 32.2. The first-order chi connectivity index (χ1) is 20.9. The zero-order valence-corrected chi connectivity index (χ0v) is 29.1. The fourth-order valence-corrected chi connectivity index (χ4v) is 6.77. The number of ether oxygens (including phenoxy) is 1. The van der Waals surface area contributed by atoms with Crippen LogP contribution in [0.4, 0.5) is 21.9 Å². The van der Waals surface area contributed by atoms with Gasteiger partial charge in [0.2, 0.25) is 10.0 Å². The number of hydrogen-bond acceptors (Lipinski definition) is 8. The molecule has 1 N–H and O–H groups in total. The molecule has 1 saturated heterocycles. The molecular formula is C32H48N4O7S2. The average Bonchev–Trinajstić information content (AvgIpc) is 2.97. The number of nitrogens with zero attached hydrogens (tertiary/aromatic N) is 3. The summed E-state index contributed by atoms with van der Waals surface area (Å²) in [7, 11) is -5.76. The van der Waals surface area contributed by atoms with E-state index >= 15 is 0 Å². The predicted octanol–water partition coefficient (Wildman–Crippen LogP) is 5.38. The van der Waals surface area contributed by atoms with Crippen LogP contribution in [0.15, 0.2) is 47.4 Å². The van der Waals surface area contributed by atoms with Crippen LogP contribution in [0, 0.1) is 5.92 Å². The Labute approximate surface area is 268 Å². The van der Waals surface area contributed by atoms with Gasteiger partial charge in [-0.15, -0.1) is 0 Å². The molecule has 0 aliphatic carbocycles. The number of hydrogen-bond donors (Lipinski definition) is 1. The molecule has 250 valence electrons. The smallest absolute Gasteiger partial charge is 0.410 e. The molecule has 1 aliphatic rings. The fraction of sp³-hybridized carbons (Fsp3) is 0.562. The van der Waals surface area contributed by atoms with E-state index in [9.17, 15) is 26.4 Å². The van der Waals surface area contributed by atoms with Gasteiger partial charge in [0.25, 0.3) is 5.91 Å². The fourth-order valence-electron chi connectivity index (χ4n) is 4.88. The number of anilines is 3. The molecule has 11 nitrogen and oxygen atoms in total. The summed E-state index contributed by atoms with van der Waals surface area (Å²) < 4.78 is 57.0. The number of nitrogens with one attached hydrogen (secondary N) is 1. The third kappa shape index (κ3) is 10.4. The molecule has 3 rings (SSSR count). The van der Waals surface area contributed by atoms with E-state index in [0.717, 1.165) is 29.8 Å². The summed E-state index contributed by atoms with van der Waals surface area (Å²) in [5.41, 5.74) is 0.805. The number of unbranched alkanes of at least 4 members (excludes halogenated alkanes) is 1. The van der Waals surface area contributed by atoms with Crippen molar-refractivity contribution in [3.63, 3.8) is 0 Å². The lowest BCUT2D eigenvalue weighted by atomic mass is 10.0. The van der Waals surface area contributed by atoms with Gasteiger partial charge in [-0.2, -0.15) is 0 Å². The molecule has 2 amide bonds. The van der Waals surface area contributed by atoms with Crippen LogP contribution in [0.1, 0.15) is 70.7 Å². The maximum absolute atomic E-state index is 13.6. The van der Waals surface area contributed by atoms with Crippen molar-refractivity contribution in [2.75, 3.05) is 59.8 Å². The Bertz CT molecular complexity index is 1540. The lowest BCUT2D eigenvalue weighted by molar-refractivity contribution is 0.0240. The zero-order valence-electron chi connectivity index (χ0n) is 27.5. The van der Waals surface area contributed by atoms with E-state index in [-0.39, 0.29) is 28.0 Å². The molecule has 0 radical (unpaired) electrons. The van der Waals surface area contributed by atoms with Crippen molar-refractivity contribution in [1.82, 2.24) is 4.90 Å². The van der Waals surface area contributed by atoms with Crippen molar-refractivity contribution < 1.29 is 31.2 Å². The van der Waals surface area contributed by atoms with Crippen molar-refractivity contribution in [3.8, 4) is 0 Å². The van der Waals surface area contributed by atoms with E-state index in [1.54, 1.807) is 23.1 Å². The molecule has 1 fully saturated rings. The minimum absolute atomic E-state index is 0.0646. The van der Waals surface area contributed by atoms with Gasteiger partial charge in [-0.25, -0.2) is 21.6 Å². The molecule has 0 aromatic heterocycles. The Morgan fingerprint density at radius 3 is 2.16 bits per heavy atom.